The molecule has 0 bridgehead atoms. The highest BCUT2D eigenvalue weighted by molar-refractivity contribution is 5.77. The lowest BCUT2D eigenvalue weighted by Crippen LogP contribution is -2.45. The van der Waals surface area contributed by atoms with Crippen LogP contribution in [0.4, 0.5) is 4.79 Å². The van der Waals surface area contributed by atoms with Crippen molar-refractivity contribution in [2.45, 2.75) is 51.6 Å². The molecule has 1 aliphatic carbocycles. The van der Waals surface area contributed by atoms with Crippen molar-refractivity contribution >= 4 is 16.9 Å². The molecule has 1 aliphatic rings. The quantitative estimate of drug-likeness (QED) is 0.906. The number of aromatic amines is 1. The first-order chi connectivity index (χ1) is 11.7. The van der Waals surface area contributed by atoms with Crippen LogP contribution in [0.5, 0.6) is 0 Å². The molecule has 3 rings (SSSR count). The number of carbonyl (C=O) groups is 1. The third-order valence-corrected chi connectivity index (χ3v) is 4.60. The molecule has 24 heavy (non-hydrogen) atoms. The largest absolute Gasteiger partial charge is 0.335 e. The summed E-state index contributed by atoms with van der Waals surface area (Å²) in [6.45, 7) is 2.80. The Labute approximate surface area is 141 Å². The molecule has 2 N–H and O–H groups in total. The van der Waals surface area contributed by atoms with Crippen molar-refractivity contribution in [3.8, 4) is 0 Å². The van der Waals surface area contributed by atoms with E-state index in [0.717, 1.165) is 12.8 Å². The zero-order chi connectivity index (χ0) is 16.9. The molecule has 0 spiro atoms. The number of benzene rings is 1. The highest BCUT2D eigenvalue weighted by Gasteiger charge is 2.20. The van der Waals surface area contributed by atoms with E-state index in [1.807, 2.05) is 25.1 Å². The number of nitrogens with zero attached hydrogens (tertiary/aromatic N) is 2. The molecule has 0 radical (unpaired) electrons. The standard InChI is InChI=1S/C18H24N4O2/c1-2-22(18(24)19-13-8-4-3-5-9-13)12-16-20-15-11-7-6-10-14(15)17(23)21-16/h6-7,10-11,13H,2-5,8-9,12H2,1H3,(H,19,24)(H,20,21,23). The Hall–Kier alpha value is -2.37. The van der Waals surface area contributed by atoms with Crippen molar-refractivity contribution in [2.24, 2.45) is 0 Å². The van der Waals surface area contributed by atoms with Gasteiger partial charge in [0.05, 0.1) is 17.4 Å². The van der Waals surface area contributed by atoms with E-state index in [0.29, 0.717) is 29.8 Å². The summed E-state index contributed by atoms with van der Waals surface area (Å²) in [5.41, 5.74) is 0.485. The molecule has 1 fully saturated rings. The summed E-state index contributed by atoms with van der Waals surface area (Å²) in [5, 5.41) is 3.67. The van der Waals surface area contributed by atoms with E-state index in [4.69, 9.17) is 0 Å². The Balaban J connectivity index is 1.72. The van der Waals surface area contributed by atoms with Crippen LogP contribution in [-0.2, 0) is 6.54 Å². The van der Waals surface area contributed by atoms with E-state index < -0.39 is 0 Å². The van der Waals surface area contributed by atoms with E-state index in [-0.39, 0.29) is 17.6 Å². The lowest BCUT2D eigenvalue weighted by Gasteiger charge is -2.27. The summed E-state index contributed by atoms with van der Waals surface area (Å²) in [5.74, 6) is 0.513. The zero-order valence-corrected chi connectivity index (χ0v) is 14.0. The first kappa shape index (κ1) is 16.5. The predicted molar refractivity (Wildman–Crippen MR) is 93.9 cm³/mol. The lowest BCUT2D eigenvalue weighted by atomic mass is 9.96. The third kappa shape index (κ3) is 3.75. The molecule has 1 saturated carbocycles. The van der Waals surface area contributed by atoms with Crippen molar-refractivity contribution < 1.29 is 4.79 Å². The highest BCUT2D eigenvalue weighted by Crippen LogP contribution is 2.17. The van der Waals surface area contributed by atoms with Crippen molar-refractivity contribution in [3.05, 3.63) is 40.4 Å². The molecule has 1 heterocycles. The maximum absolute atomic E-state index is 12.5. The van der Waals surface area contributed by atoms with Gasteiger partial charge in [0.2, 0.25) is 0 Å². The van der Waals surface area contributed by atoms with Gasteiger partial charge in [-0.3, -0.25) is 4.79 Å². The van der Waals surface area contributed by atoms with Crippen LogP contribution in [0.1, 0.15) is 44.9 Å². The molecule has 1 aromatic heterocycles. The smallest absolute Gasteiger partial charge is 0.318 e. The van der Waals surface area contributed by atoms with E-state index in [1.54, 1.807) is 11.0 Å². The molecule has 6 heteroatoms. The minimum atomic E-state index is -0.167. The number of carbonyl (C=O) groups excluding carboxylic acids is 1. The number of nitrogens with one attached hydrogen (secondary N) is 2. The van der Waals surface area contributed by atoms with Crippen LogP contribution in [0.2, 0.25) is 0 Å². The first-order valence-electron chi connectivity index (χ1n) is 8.70. The normalized spacial score (nSPS) is 15.4. The maximum atomic E-state index is 12.5. The minimum absolute atomic E-state index is 0.0831. The topological polar surface area (TPSA) is 78.1 Å². The summed E-state index contributed by atoms with van der Waals surface area (Å²) >= 11 is 0. The number of amides is 2. The van der Waals surface area contributed by atoms with Crippen molar-refractivity contribution in [1.82, 2.24) is 20.2 Å². The number of hydrogen-bond acceptors (Lipinski definition) is 3. The molecular formula is C18H24N4O2. The summed E-state index contributed by atoms with van der Waals surface area (Å²) in [4.78, 5) is 33.6. The lowest BCUT2D eigenvalue weighted by molar-refractivity contribution is 0.189. The van der Waals surface area contributed by atoms with Crippen LogP contribution in [0.25, 0.3) is 10.9 Å². The molecule has 6 nitrogen and oxygen atoms in total. The van der Waals surface area contributed by atoms with E-state index in [9.17, 15) is 9.59 Å². The van der Waals surface area contributed by atoms with Crippen LogP contribution >= 0.6 is 0 Å². The number of para-hydroxylation sites is 1. The summed E-state index contributed by atoms with van der Waals surface area (Å²) in [6.07, 6.45) is 5.71. The molecule has 128 valence electrons. The average molecular weight is 328 g/mol. The Morgan fingerprint density at radius 3 is 2.79 bits per heavy atom. The van der Waals surface area contributed by atoms with E-state index in [2.05, 4.69) is 15.3 Å². The van der Waals surface area contributed by atoms with Crippen LogP contribution < -0.4 is 10.9 Å². The van der Waals surface area contributed by atoms with Crippen LogP contribution in [0, 0.1) is 0 Å². The van der Waals surface area contributed by atoms with Gasteiger partial charge in [-0.05, 0) is 31.9 Å². The van der Waals surface area contributed by atoms with Crippen LogP contribution in [0.3, 0.4) is 0 Å². The molecule has 2 aromatic rings. The second-order valence-corrected chi connectivity index (χ2v) is 6.33. The van der Waals surface area contributed by atoms with Gasteiger partial charge in [0, 0.05) is 12.6 Å². The van der Waals surface area contributed by atoms with Gasteiger partial charge >= 0.3 is 6.03 Å². The number of fused-ring (bicyclic) bond motifs is 1. The molecule has 0 atom stereocenters. The first-order valence-corrected chi connectivity index (χ1v) is 8.70. The fraction of sp³-hybridized carbons (Fsp3) is 0.500. The Kier molecular flexibility index (Phi) is 5.13. The number of urea groups is 1. The fourth-order valence-corrected chi connectivity index (χ4v) is 3.23. The molecule has 0 aliphatic heterocycles. The predicted octanol–water partition coefficient (Wildman–Crippen LogP) is 2.79. The van der Waals surface area contributed by atoms with Gasteiger partial charge in [0.1, 0.15) is 5.82 Å². The monoisotopic (exact) mass is 328 g/mol. The fourth-order valence-electron chi connectivity index (χ4n) is 3.23. The maximum Gasteiger partial charge on any atom is 0.318 e. The Bertz CT molecular complexity index is 765. The zero-order valence-electron chi connectivity index (χ0n) is 14.0. The number of H-pyrrole nitrogens is 1. The van der Waals surface area contributed by atoms with E-state index in [1.165, 1.54) is 19.3 Å². The SMILES string of the molecule is CCN(Cc1nc2ccccc2c(=O)[nH]1)C(=O)NC1CCCCC1. The summed E-state index contributed by atoms with van der Waals surface area (Å²) in [7, 11) is 0. The van der Waals surface area contributed by atoms with Gasteiger partial charge in [-0.15, -0.1) is 0 Å². The van der Waals surface area contributed by atoms with Crippen LogP contribution in [-0.4, -0.2) is 33.5 Å². The van der Waals surface area contributed by atoms with Crippen molar-refractivity contribution in [1.29, 1.82) is 0 Å². The Morgan fingerprint density at radius 1 is 1.29 bits per heavy atom. The van der Waals surface area contributed by atoms with Gasteiger partial charge in [-0.2, -0.15) is 0 Å². The van der Waals surface area contributed by atoms with Crippen molar-refractivity contribution in [3.63, 3.8) is 0 Å². The number of aromatic nitrogens is 2. The summed E-state index contributed by atoms with van der Waals surface area (Å²) < 4.78 is 0. The van der Waals surface area contributed by atoms with Gasteiger partial charge in [-0.1, -0.05) is 31.4 Å². The van der Waals surface area contributed by atoms with Crippen LogP contribution in [0.15, 0.2) is 29.1 Å². The number of hydrogen-bond donors (Lipinski definition) is 2. The molecule has 0 saturated heterocycles. The average Bonchev–Trinajstić information content (AvgIpc) is 2.60. The molecule has 0 unspecified atom stereocenters. The number of rotatable bonds is 4. The minimum Gasteiger partial charge on any atom is -0.335 e. The molecule has 1 aromatic carbocycles. The van der Waals surface area contributed by atoms with Crippen molar-refractivity contribution in [2.75, 3.05) is 6.54 Å². The van der Waals surface area contributed by atoms with E-state index >= 15 is 0 Å². The third-order valence-electron chi connectivity index (χ3n) is 4.60. The highest BCUT2D eigenvalue weighted by atomic mass is 16.2. The van der Waals surface area contributed by atoms with Gasteiger partial charge in [0.25, 0.3) is 5.56 Å². The van der Waals surface area contributed by atoms with Gasteiger partial charge < -0.3 is 15.2 Å². The molecule has 2 amide bonds. The second-order valence-electron chi connectivity index (χ2n) is 6.33. The van der Waals surface area contributed by atoms with Gasteiger partial charge in [-0.25, -0.2) is 9.78 Å². The Morgan fingerprint density at radius 2 is 2.04 bits per heavy atom. The summed E-state index contributed by atoms with van der Waals surface area (Å²) in [6, 6.07) is 7.41. The van der Waals surface area contributed by atoms with Gasteiger partial charge in [0.15, 0.2) is 0 Å². The second kappa shape index (κ2) is 7.47. The molecular weight excluding hydrogens is 304 g/mol.